The lowest BCUT2D eigenvalue weighted by atomic mass is 9.96. The van der Waals surface area contributed by atoms with Crippen molar-refractivity contribution >= 4 is 12.1 Å². The van der Waals surface area contributed by atoms with Crippen LogP contribution in [0.5, 0.6) is 0 Å². The maximum absolute atomic E-state index is 12.7. The van der Waals surface area contributed by atoms with Crippen molar-refractivity contribution in [1.29, 1.82) is 0 Å². The first-order chi connectivity index (χ1) is 14.5. The van der Waals surface area contributed by atoms with Crippen molar-refractivity contribution in [3.05, 3.63) is 95.2 Å². The molecule has 0 heterocycles. The lowest BCUT2D eigenvalue weighted by Crippen LogP contribution is -2.34. The number of alkyl carbamates (subject to hydrolysis) is 1. The molecule has 0 aliphatic heterocycles. The Balaban J connectivity index is 2.40. The van der Waals surface area contributed by atoms with Gasteiger partial charge in [-0.3, -0.25) is 0 Å². The Bertz CT molecular complexity index is 889. The van der Waals surface area contributed by atoms with E-state index in [0.717, 1.165) is 16.7 Å². The van der Waals surface area contributed by atoms with E-state index >= 15 is 0 Å². The summed E-state index contributed by atoms with van der Waals surface area (Å²) in [7, 11) is 1.31. The van der Waals surface area contributed by atoms with E-state index in [4.69, 9.17) is 9.47 Å². The minimum atomic E-state index is -0.751. The monoisotopic (exact) mass is 408 g/mol. The van der Waals surface area contributed by atoms with E-state index in [0.29, 0.717) is 17.8 Å². The van der Waals surface area contributed by atoms with Crippen molar-refractivity contribution in [1.82, 2.24) is 10.6 Å². The molecular formula is C24H28N2O4. The standard InChI is InChI=1S/C24H28N2O4/c1-5-15-30-24(28)26-22(20-13-11-17(2)12-14-20)21(23(27)29-4)18(3)25-16-19-9-7-6-8-10-19/h5-14,22,25H,1,15-16H2,2-4H3,(H,26,28)/b21-18-/t22-/m0/s1. The maximum atomic E-state index is 12.7. The zero-order chi connectivity index (χ0) is 21.9. The minimum Gasteiger partial charge on any atom is -0.466 e. The minimum absolute atomic E-state index is 0.0644. The molecule has 2 rings (SSSR count). The van der Waals surface area contributed by atoms with Crippen molar-refractivity contribution in [2.45, 2.75) is 26.4 Å². The van der Waals surface area contributed by atoms with Gasteiger partial charge in [0.05, 0.1) is 18.7 Å². The number of hydrogen-bond acceptors (Lipinski definition) is 5. The van der Waals surface area contributed by atoms with Gasteiger partial charge in [0.2, 0.25) is 0 Å². The highest BCUT2D eigenvalue weighted by atomic mass is 16.5. The lowest BCUT2D eigenvalue weighted by Gasteiger charge is -2.23. The van der Waals surface area contributed by atoms with Gasteiger partial charge in [0, 0.05) is 12.2 Å². The third-order valence-electron chi connectivity index (χ3n) is 4.50. The molecule has 1 amide bonds. The number of hydrogen-bond donors (Lipinski definition) is 2. The number of methoxy groups -OCH3 is 1. The number of allylic oxidation sites excluding steroid dienone is 1. The summed E-state index contributed by atoms with van der Waals surface area (Å²) >= 11 is 0. The van der Waals surface area contributed by atoms with Crippen molar-refractivity contribution in [3.8, 4) is 0 Å². The predicted molar refractivity (Wildman–Crippen MR) is 117 cm³/mol. The van der Waals surface area contributed by atoms with Crippen LogP contribution in [0.15, 0.2) is 78.5 Å². The smallest absolute Gasteiger partial charge is 0.408 e. The number of carbonyl (C=O) groups excluding carboxylic acids is 2. The highest BCUT2D eigenvalue weighted by Gasteiger charge is 2.28. The molecule has 0 aliphatic rings. The Morgan fingerprint density at radius 1 is 1.10 bits per heavy atom. The number of amides is 1. The summed E-state index contributed by atoms with van der Waals surface area (Å²) < 4.78 is 10.1. The molecule has 0 saturated carbocycles. The van der Waals surface area contributed by atoms with Crippen LogP contribution in [0.25, 0.3) is 0 Å². The van der Waals surface area contributed by atoms with Crippen LogP contribution in [0, 0.1) is 6.92 Å². The Hall–Kier alpha value is -3.54. The SMILES string of the molecule is C=CCOC(=O)N[C@H](/C(C(=O)OC)=C(\C)NCc1ccccc1)c1ccc(C)cc1. The van der Waals surface area contributed by atoms with E-state index < -0.39 is 18.1 Å². The van der Waals surface area contributed by atoms with E-state index in [1.165, 1.54) is 13.2 Å². The normalized spacial score (nSPS) is 12.2. The molecule has 0 fully saturated rings. The fourth-order valence-corrected chi connectivity index (χ4v) is 2.90. The predicted octanol–water partition coefficient (Wildman–Crippen LogP) is 4.19. The molecule has 2 aromatic rings. The molecule has 1 atom stereocenters. The number of rotatable bonds is 9. The van der Waals surface area contributed by atoms with E-state index in [-0.39, 0.29) is 6.61 Å². The number of esters is 1. The van der Waals surface area contributed by atoms with Crippen molar-refractivity contribution in [2.75, 3.05) is 13.7 Å². The average Bonchev–Trinajstić information content (AvgIpc) is 2.76. The molecular weight excluding hydrogens is 380 g/mol. The van der Waals surface area contributed by atoms with E-state index in [2.05, 4.69) is 17.2 Å². The number of carbonyl (C=O) groups is 2. The summed E-state index contributed by atoms with van der Waals surface area (Å²) in [6.07, 6.45) is 0.822. The number of aryl methyl sites for hydroxylation is 1. The lowest BCUT2D eigenvalue weighted by molar-refractivity contribution is -0.136. The summed E-state index contributed by atoms with van der Waals surface area (Å²) in [5.74, 6) is -0.539. The zero-order valence-corrected chi connectivity index (χ0v) is 17.6. The molecule has 0 bridgehead atoms. The van der Waals surface area contributed by atoms with Gasteiger partial charge in [-0.1, -0.05) is 72.8 Å². The fourth-order valence-electron chi connectivity index (χ4n) is 2.90. The summed E-state index contributed by atoms with van der Waals surface area (Å²) in [6.45, 7) is 7.88. The van der Waals surface area contributed by atoms with E-state index in [1.807, 2.05) is 61.5 Å². The van der Waals surface area contributed by atoms with Gasteiger partial charge in [-0.05, 0) is 25.0 Å². The molecule has 2 N–H and O–H groups in total. The van der Waals surface area contributed by atoms with Crippen LogP contribution in [0.3, 0.4) is 0 Å². The first kappa shape index (κ1) is 22.7. The van der Waals surface area contributed by atoms with Crippen molar-refractivity contribution in [2.24, 2.45) is 0 Å². The second-order valence-electron chi connectivity index (χ2n) is 6.74. The molecule has 6 heteroatoms. The topological polar surface area (TPSA) is 76.7 Å². The molecule has 0 aromatic heterocycles. The second kappa shape index (κ2) is 11.5. The number of ether oxygens (including phenoxy) is 2. The summed E-state index contributed by atoms with van der Waals surface area (Å²) in [5.41, 5.74) is 3.76. The largest absolute Gasteiger partial charge is 0.466 e. The number of nitrogens with one attached hydrogen (secondary N) is 2. The second-order valence-corrected chi connectivity index (χ2v) is 6.74. The van der Waals surface area contributed by atoms with E-state index in [9.17, 15) is 9.59 Å². The molecule has 6 nitrogen and oxygen atoms in total. The Labute approximate surface area is 177 Å². The van der Waals surface area contributed by atoms with Gasteiger partial charge in [-0.15, -0.1) is 0 Å². The molecule has 0 radical (unpaired) electrons. The van der Waals surface area contributed by atoms with Crippen molar-refractivity contribution < 1.29 is 19.1 Å². The summed E-state index contributed by atoms with van der Waals surface area (Å²) in [5, 5.41) is 6.04. The average molecular weight is 408 g/mol. The van der Waals surface area contributed by atoms with Gasteiger partial charge < -0.3 is 20.1 Å². The molecule has 158 valence electrons. The molecule has 0 aliphatic carbocycles. The molecule has 0 unspecified atom stereocenters. The zero-order valence-electron chi connectivity index (χ0n) is 17.6. The molecule has 0 spiro atoms. The maximum Gasteiger partial charge on any atom is 0.408 e. The Kier molecular flexibility index (Phi) is 8.69. The molecule has 0 saturated heterocycles. The van der Waals surface area contributed by atoms with Crippen LogP contribution in [-0.2, 0) is 20.8 Å². The van der Waals surface area contributed by atoms with Crippen LogP contribution in [0.2, 0.25) is 0 Å². The van der Waals surface area contributed by atoms with Crippen LogP contribution < -0.4 is 10.6 Å². The van der Waals surface area contributed by atoms with Gasteiger partial charge in [-0.25, -0.2) is 9.59 Å². The Morgan fingerprint density at radius 2 is 1.77 bits per heavy atom. The first-order valence-electron chi connectivity index (χ1n) is 9.64. The van der Waals surface area contributed by atoms with Gasteiger partial charge in [0.25, 0.3) is 0 Å². The fraction of sp³-hybridized carbons (Fsp3) is 0.250. The van der Waals surface area contributed by atoms with Crippen LogP contribution in [0.4, 0.5) is 4.79 Å². The summed E-state index contributed by atoms with van der Waals surface area (Å²) in [4.78, 5) is 25.0. The van der Waals surface area contributed by atoms with Gasteiger partial charge in [-0.2, -0.15) is 0 Å². The highest BCUT2D eigenvalue weighted by molar-refractivity contribution is 5.91. The van der Waals surface area contributed by atoms with E-state index in [1.54, 1.807) is 6.92 Å². The summed E-state index contributed by atoms with van der Waals surface area (Å²) in [6, 6.07) is 16.6. The van der Waals surface area contributed by atoms with Crippen LogP contribution >= 0.6 is 0 Å². The first-order valence-corrected chi connectivity index (χ1v) is 9.64. The Morgan fingerprint density at radius 3 is 2.37 bits per heavy atom. The van der Waals surface area contributed by atoms with Crippen molar-refractivity contribution in [3.63, 3.8) is 0 Å². The molecule has 2 aromatic carbocycles. The van der Waals surface area contributed by atoms with Gasteiger partial charge in [0.15, 0.2) is 0 Å². The number of benzene rings is 2. The third-order valence-corrected chi connectivity index (χ3v) is 4.50. The van der Waals surface area contributed by atoms with Gasteiger partial charge in [0.1, 0.15) is 6.61 Å². The van der Waals surface area contributed by atoms with Gasteiger partial charge >= 0.3 is 12.1 Å². The quantitative estimate of drug-likeness (QED) is 0.370. The highest BCUT2D eigenvalue weighted by Crippen LogP contribution is 2.26. The third kappa shape index (κ3) is 6.51. The van der Waals surface area contributed by atoms with Crippen LogP contribution in [0.1, 0.15) is 29.7 Å². The van der Waals surface area contributed by atoms with Crippen LogP contribution in [-0.4, -0.2) is 25.8 Å². The molecule has 30 heavy (non-hydrogen) atoms.